The third kappa shape index (κ3) is 2.37. The van der Waals surface area contributed by atoms with Gasteiger partial charge < -0.3 is 9.80 Å². The van der Waals surface area contributed by atoms with Crippen LogP contribution in [0.4, 0.5) is 10.5 Å². The molecule has 146 valence electrons. The minimum Gasteiger partial charge on any atom is -0.334 e. The molecule has 0 aromatic heterocycles. The maximum atomic E-state index is 13.2. The molecule has 7 nitrogen and oxygen atoms in total. The van der Waals surface area contributed by atoms with E-state index in [2.05, 4.69) is 0 Å². The highest BCUT2D eigenvalue weighted by Gasteiger charge is 2.63. The lowest BCUT2D eigenvalue weighted by Gasteiger charge is -2.37. The molecule has 3 fully saturated rings. The van der Waals surface area contributed by atoms with Crippen LogP contribution >= 0.6 is 11.6 Å². The molecular weight excluding hydrogens is 380 g/mol. The minimum atomic E-state index is -0.661. The fourth-order valence-electron chi connectivity index (χ4n) is 4.55. The van der Waals surface area contributed by atoms with Gasteiger partial charge in [0.15, 0.2) is 0 Å². The molecule has 28 heavy (non-hydrogen) atoms. The first-order chi connectivity index (χ1) is 13.1. The first-order valence-corrected chi connectivity index (χ1v) is 9.62. The second-order valence-electron chi connectivity index (χ2n) is 8.66. The van der Waals surface area contributed by atoms with Gasteiger partial charge in [-0.05, 0) is 31.0 Å². The van der Waals surface area contributed by atoms with Crippen molar-refractivity contribution in [2.45, 2.75) is 52.2 Å². The van der Waals surface area contributed by atoms with Gasteiger partial charge >= 0.3 is 6.03 Å². The Balaban J connectivity index is 1.70. The van der Waals surface area contributed by atoms with Crippen LogP contribution in [0.15, 0.2) is 12.1 Å². The number of imide groups is 1. The average Bonchev–Trinajstić information content (AvgIpc) is 3.28. The van der Waals surface area contributed by atoms with Gasteiger partial charge in [0.05, 0.1) is 28.4 Å². The van der Waals surface area contributed by atoms with Crippen LogP contribution in [-0.4, -0.2) is 52.3 Å². The minimum absolute atomic E-state index is 0.00375. The zero-order valence-corrected chi connectivity index (χ0v) is 16.9. The lowest BCUT2D eigenvalue weighted by molar-refractivity contribution is -0.143. The molecule has 2 unspecified atom stereocenters. The first kappa shape index (κ1) is 18.8. The summed E-state index contributed by atoms with van der Waals surface area (Å²) in [5.74, 6) is -0.344. The van der Waals surface area contributed by atoms with Gasteiger partial charge in [-0.25, -0.2) is 9.69 Å². The van der Waals surface area contributed by atoms with E-state index >= 15 is 0 Å². The summed E-state index contributed by atoms with van der Waals surface area (Å²) in [6, 6.07) is 3.60. The second-order valence-corrected chi connectivity index (χ2v) is 9.03. The Kier molecular flexibility index (Phi) is 3.99. The van der Waals surface area contributed by atoms with Crippen molar-refractivity contribution in [2.24, 2.45) is 5.41 Å². The monoisotopic (exact) mass is 400 g/mol. The van der Waals surface area contributed by atoms with Crippen LogP contribution in [0, 0.1) is 23.7 Å². The lowest BCUT2D eigenvalue weighted by Crippen LogP contribution is -2.56. The maximum absolute atomic E-state index is 13.2. The van der Waals surface area contributed by atoms with Crippen molar-refractivity contribution in [3.8, 4) is 6.07 Å². The van der Waals surface area contributed by atoms with Crippen molar-refractivity contribution in [3.05, 3.63) is 28.3 Å². The quantitative estimate of drug-likeness (QED) is 0.678. The van der Waals surface area contributed by atoms with Crippen LogP contribution in [0.25, 0.3) is 0 Å². The largest absolute Gasteiger partial charge is 0.334 e. The molecule has 0 radical (unpaired) electrons. The van der Waals surface area contributed by atoms with Crippen molar-refractivity contribution in [2.75, 3.05) is 11.4 Å². The standard InChI is InChI=1S/C20H21ClN4O3/c1-10-13(6-5-11(8-22)15(10)21)25-17(26)16-14-7-12(24(16)19(25)28)9-23(14)18(27)20(2,3)4/h5-6,12,14,16H,7,9H2,1-4H3/t12?,14?,16-/m1/s1. The number of hydrogen-bond acceptors (Lipinski definition) is 4. The van der Waals surface area contributed by atoms with Crippen molar-refractivity contribution in [1.29, 1.82) is 5.26 Å². The number of carbonyl (C=O) groups is 3. The van der Waals surface area contributed by atoms with Crippen LogP contribution in [0.3, 0.4) is 0 Å². The summed E-state index contributed by atoms with van der Waals surface area (Å²) in [4.78, 5) is 43.7. The molecule has 2 bridgehead atoms. The molecule has 0 N–H and O–H groups in total. The number of carbonyl (C=O) groups excluding carboxylic acids is 3. The predicted octanol–water partition coefficient (Wildman–Crippen LogP) is 2.69. The third-order valence-corrected chi connectivity index (χ3v) is 6.37. The van der Waals surface area contributed by atoms with Crippen LogP contribution in [0.5, 0.6) is 0 Å². The summed E-state index contributed by atoms with van der Waals surface area (Å²) < 4.78 is 0. The van der Waals surface area contributed by atoms with E-state index in [1.165, 1.54) is 6.07 Å². The number of benzene rings is 1. The number of anilines is 1. The average molecular weight is 401 g/mol. The summed E-state index contributed by atoms with van der Waals surface area (Å²) in [7, 11) is 0. The molecule has 0 aliphatic carbocycles. The third-order valence-electron chi connectivity index (χ3n) is 5.89. The molecular formula is C20H21ClN4O3. The number of halogens is 1. The van der Waals surface area contributed by atoms with Crippen LogP contribution in [0.1, 0.15) is 38.3 Å². The van der Waals surface area contributed by atoms with E-state index in [0.717, 1.165) is 4.90 Å². The summed E-state index contributed by atoms with van der Waals surface area (Å²) >= 11 is 6.24. The number of urea groups is 1. The normalized spacial score (nSPS) is 26.1. The highest BCUT2D eigenvalue weighted by molar-refractivity contribution is 6.33. The Morgan fingerprint density at radius 2 is 1.96 bits per heavy atom. The summed E-state index contributed by atoms with van der Waals surface area (Å²) in [6.45, 7) is 7.71. The van der Waals surface area contributed by atoms with Gasteiger partial charge in [-0.15, -0.1) is 0 Å². The number of hydrogen-bond donors (Lipinski definition) is 0. The van der Waals surface area contributed by atoms with Gasteiger partial charge in [-0.1, -0.05) is 32.4 Å². The van der Waals surface area contributed by atoms with E-state index < -0.39 is 11.5 Å². The van der Waals surface area contributed by atoms with E-state index in [9.17, 15) is 14.4 Å². The molecule has 1 aromatic carbocycles. The van der Waals surface area contributed by atoms with Gasteiger partial charge in [0.1, 0.15) is 12.1 Å². The Morgan fingerprint density at radius 1 is 1.29 bits per heavy atom. The topological polar surface area (TPSA) is 84.7 Å². The van der Waals surface area contributed by atoms with E-state index in [4.69, 9.17) is 16.9 Å². The Morgan fingerprint density at radius 3 is 2.57 bits per heavy atom. The Hall–Kier alpha value is -2.59. The summed E-state index contributed by atoms with van der Waals surface area (Å²) in [5.41, 5.74) is 0.655. The van der Waals surface area contributed by atoms with Crippen molar-refractivity contribution < 1.29 is 14.4 Å². The Bertz CT molecular complexity index is 961. The van der Waals surface area contributed by atoms with Crippen molar-refractivity contribution in [3.63, 3.8) is 0 Å². The molecule has 1 aromatic rings. The van der Waals surface area contributed by atoms with Crippen LogP contribution < -0.4 is 4.90 Å². The molecule has 3 saturated heterocycles. The number of amides is 4. The molecule has 3 heterocycles. The summed E-state index contributed by atoms with van der Waals surface area (Å²) in [5, 5.41) is 9.37. The lowest BCUT2D eigenvalue weighted by atomic mass is 9.93. The van der Waals surface area contributed by atoms with Gasteiger partial charge in [-0.3, -0.25) is 9.59 Å². The van der Waals surface area contributed by atoms with E-state index in [-0.39, 0.29) is 35.0 Å². The van der Waals surface area contributed by atoms with E-state index in [1.54, 1.807) is 22.8 Å². The number of rotatable bonds is 1. The van der Waals surface area contributed by atoms with Crippen LogP contribution in [0.2, 0.25) is 5.02 Å². The smallest absolute Gasteiger partial charge is 0.332 e. The molecule has 4 amide bonds. The molecule has 8 heteroatoms. The van der Waals surface area contributed by atoms with Crippen molar-refractivity contribution >= 4 is 35.1 Å². The van der Waals surface area contributed by atoms with Crippen LogP contribution in [-0.2, 0) is 9.59 Å². The fraction of sp³-hybridized carbons (Fsp3) is 0.500. The second kappa shape index (κ2) is 5.95. The first-order valence-electron chi connectivity index (χ1n) is 9.24. The zero-order chi connectivity index (χ0) is 20.5. The number of piperazine rings is 1. The molecule has 3 aliphatic heterocycles. The molecule has 0 spiro atoms. The fourth-order valence-corrected chi connectivity index (χ4v) is 4.75. The van der Waals surface area contributed by atoms with Crippen molar-refractivity contribution in [1.82, 2.24) is 9.80 Å². The van der Waals surface area contributed by atoms with E-state index in [1.807, 2.05) is 26.8 Å². The number of likely N-dealkylation sites (tertiary alicyclic amines) is 1. The van der Waals surface area contributed by atoms with Gasteiger partial charge in [0.25, 0.3) is 5.91 Å². The number of nitriles is 1. The van der Waals surface area contributed by atoms with Gasteiger partial charge in [0.2, 0.25) is 5.91 Å². The van der Waals surface area contributed by atoms with Gasteiger partial charge in [0, 0.05) is 12.0 Å². The SMILES string of the molecule is Cc1c(N2C(=O)[C@H]3C4CC(CN4C(=O)C(C)(C)C)N3C2=O)ccc(C#N)c1Cl. The molecule has 3 aliphatic rings. The highest BCUT2D eigenvalue weighted by Crippen LogP contribution is 2.44. The Labute approximate surface area is 168 Å². The van der Waals surface area contributed by atoms with Gasteiger partial charge in [-0.2, -0.15) is 5.26 Å². The zero-order valence-electron chi connectivity index (χ0n) is 16.2. The van der Waals surface area contributed by atoms with E-state index in [0.29, 0.717) is 29.8 Å². The molecule has 3 atom stereocenters. The highest BCUT2D eigenvalue weighted by atomic mass is 35.5. The molecule has 4 rings (SSSR count). The predicted molar refractivity (Wildman–Crippen MR) is 103 cm³/mol. The number of fused-ring (bicyclic) bond motifs is 5. The molecule has 0 saturated carbocycles. The maximum Gasteiger partial charge on any atom is 0.332 e. The summed E-state index contributed by atoms with van der Waals surface area (Å²) in [6.07, 6.45) is 0.630. The number of nitrogens with zero attached hydrogens (tertiary/aromatic N) is 4.